The van der Waals surface area contributed by atoms with E-state index in [-0.39, 0.29) is 29.9 Å². The fourth-order valence-corrected chi connectivity index (χ4v) is 2.04. The molecule has 0 aliphatic carbocycles. The van der Waals surface area contributed by atoms with Crippen LogP contribution in [-0.4, -0.2) is 39.1 Å². The zero-order valence-electron chi connectivity index (χ0n) is 14.5. The summed E-state index contributed by atoms with van der Waals surface area (Å²) in [7, 11) is 3.42. The first kappa shape index (κ1) is 21.7. The molecule has 0 unspecified atom stereocenters. The molecule has 0 atom stereocenters. The van der Waals surface area contributed by atoms with Gasteiger partial charge in [0.2, 0.25) is 0 Å². The minimum atomic E-state index is -0.0547. The number of halogens is 1. The van der Waals surface area contributed by atoms with Crippen molar-refractivity contribution in [2.75, 3.05) is 27.2 Å². The Bertz CT molecular complexity index is 503. The van der Waals surface area contributed by atoms with Crippen LogP contribution < -0.4 is 16.0 Å². The topological polar surface area (TPSA) is 65.5 Å². The zero-order valence-corrected chi connectivity index (χ0v) is 16.8. The third-order valence-corrected chi connectivity index (χ3v) is 3.36. The number of rotatable bonds is 7. The number of nitrogens with zero attached hydrogens (tertiary/aromatic N) is 1. The lowest BCUT2D eigenvalue weighted by Gasteiger charge is -2.13. The van der Waals surface area contributed by atoms with Crippen molar-refractivity contribution < 1.29 is 4.79 Å². The molecule has 6 heteroatoms. The van der Waals surface area contributed by atoms with Crippen LogP contribution in [0.2, 0.25) is 0 Å². The molecule has 0 spiro atoms. The Hall–Kier alpha value is -1.31. The molecule has 1 aromatic rings. The van der Waals surface area contributed by atoms with Crippen LogP contribution in [0.5, 0.6) is 0 Å². The highest BCUT2D eigenvalue weighted by Crippen LogP contribution is 2.05. The first-order chi connectivity index (χ1) is 10.6. The number of aliphatic imine (C=N–C) groups is 1. The number of carbonyl (C=O) groups excluding carboxylic acids is 1. The van der Waals surface area contributed by atoms with Gasteiger partial charge < -0.3 is 16.0 Å². The summed E-state index contributed by atoms with van der Waals surface area (Å²) in [5.41, 5.74) is 1.82. The summed E-state index contributed by atoms with van der Waals surface area (Å²) in [4.78, 5) is 15.8. The van der Waals surface area contributed by atoms with Crippen molar-refractivity contribution in [3.8, 4) is 0 Å². The fourth-order valence-electron chi connectivity index (χ4n) is 2.04. The molecule has 1 rings (SSSR count). The molecular formula is C17H29IN4O. The second kappa shape index (κ2) is 12.2. The maximum atomic E-state index is 11.6. The van der Waals surface area contributed by atoms with Gasteiger partial charge >= 0.3 is 0 Å². The smallest absolute Gasteiger partial charge is 0.251 e. The highest BCUT2D eigenvalue weighted by molar-refractivity contribution is 14.0. The lowest BCUT2D eigenvalue weighted by molar-refractivity contribution is 0.0963. The van der Waals surface area contributed by atoms with Gasteiger partial charge in [-0.05, 0) is 36.5 Å². The van der Waals surface area contributed by atoms with E-state index in [9.17, 15) is 4.79 Å². The predicted octanol–water partition coefficient (Wildman–Crippen LogP) is 2.42. The Morgan fingerprint density at radius 3 is 2.52 bits per heavy atom. The van der Waals surface area contributed by atoms with Gasteiger partial charge in [-0.1, -0.05) is 26.0 Å². The number of hydrogen-bond acceptors (Lipinski definition) is 2. The maximum Gasteiger partial charge on any atom is 0.251 e. The van der Waals surface area contributed by atoms with Crippen LogP contribution in [0.4, 0.5) is 0 Å². The standard InChI is InChI=1S/C17H28N4O.HI/c1-13(2)8-10-20-17(19-4)21-11-9-14-6-5-7-15(12-14)16(22)18-3;/h5-7,12-13H,8-11H2,1-4H3,(H,18,22)(H2,19,20,21);1H. The number of carbonyl (C=O) groups is 1. The van der Waals surface area contributed by atoms with Gasteiger partial charge in [0.05, 0.1) is 0 Å². The number of benzene rings is 1. The van der Waals surface area contributed by atoms with Gasteiger partial charge in [-0.3, -0.25) is 9.79 Å². The van der Waals surface area contributed by atoms with E-state index < -0.39 is 0 Å². The van der Waals surface area contributed by atoms with E-state index in [4.69, 9.17) is 0 Å². The van der Waals surface area contributed by atoms with E-state index in [2.05, 4.69) is 34.8 Å². The zero-order chi connectivity index (χ0) is 16.4. The maximum absolute atomic E-state index is 11.6. The highest BCUT2D eigenvalue weighted by Gasteiger charge is 2.04. The van der Waals surface area contributed by atoms with Crippen LogP contribution in [0, 0.1) is 5.92 Å². The molecule has 130 valence electrons. The van der Waals surface area contributed by atoms with Crippen molar-refractivity contribution in [2.24, 2.45) is 10.9 Å². The predicted molar refractivity (Wildman–Crippen MR) is 108 cm³/mol. The number of hydrogen-bond donors (Lipinski definition) is 3. The van der Waals surface area contributed by atoms with E-state index in [0.29, 0.717) is 11.5 Å². The molecule has 0 radical (unpaired) electrons. The lowest BCUT2D eigenvalue weighted by atomic mass is 10.1. The average Bonchev–Trinajstić information content (AvgIpc) is 2.52. The minimum absolute atomic E-state index is 0. The van der Waals surface area contributed by atoms with Crippen molar-refractivity contribution in [1.82, 2.24) is 16.0 Å². The quantitative estimate of drug-likeness (QED) is 0.352. The summed E-state index contributed by atoms with van der Waals surface area (Å²) in [6, 6.07) is 7.69. The molecule has 5 nitrogen and oxygen atoms in total. The summed E-state index contributed by atoms with van der Waals surface area (Å²) >= 11 is 0. The molecule has 1 aromatic carbocycles. The molecule has 23 heavy (non-hydrogen) atoms. The second-order valence-corrected chi connectivity index (χ2v) is 5.64. The van der Waals surface area contributed by atoms with E-state index in [1.54, 1.807) is 14.1 Å². The number of amides is 1. The van der Waals surface area contributed by atoms with Crippen molar-refractivity contribution >= 4 is 35.8 Å². The summed E-state index contributed by atoms with van der Waals surface area (Å²) in [5.74, 6) is 1.45. The van der Waals surface area contributed by atoms with E-state index in [1.165, 1.54) is 0 Å². The fraction of sp³-hybridized carbons (Fsp3) is 0.529. The highest BCUT2D eigenvalue weighted by atomic mass is 127. The van der Waals surface area contributed by atoms with Gasteiger partial charge in [0.15, 0.2) is 5.96 Å². The van der Waals surface area contributed by atoms with E-state index in [1.807, 2.05) is 24.3 Å². The molecule has 0 bridgehead atoms. The molecule has 0 aliphatic rings. The molecule has 1 amide bonds. The lowest BCUT2D eigenvalue weighted by Crippen LogP contribution is -2.39. The Morgan fingerprint density at radius 1 is 1.22 bits per heavy atom. The molecule has 3 N–H and O–H groups in total. The van der Waals surface area contributed by atoms with Crippen molar-refractivity contribution in [3.05, 3.63) is 35.4 Å². The van der Waals surface area contributed by atoms with Crippen LogP contribution in [0.3, 0.4) is 0 Å². The van der Waals surface area contributed by atoms with Crippen LogP contribution in [0.15, 0.2) is 29.3 Å². The Balaban J connectivity index is 0.00000484. The molecular weight excluding hydrogens is 403 g/mol. The van der Waals surface area contributed by atoms with Crippen LogP contribution >= 0.6 is 24.0 Å². The molecule has 0 saturated heterocycles. The van der Waals surface area contributed by atoms with Crippen molar-refractivity contribution in [1.29, 1.82) is 0 Å². The van der Waals surface area contributed by atoms with E-state index in [0.717, 1.165) is 37.5 Å². The first-order valence-electron chi connectivity index (χ1n) is 7.82. The van der Waals surface area contributed by atoms with Gasteiger partial charge in [0, 0.05) is 32.7 Å². The normalized spacial score (nSPS) is 10.9. The van der Waals surface area contributed by atoms with Crippen molar-refractivity contribution in [2.45, 2.75) is 26.7 Å². The number of guanidine groups is 1. The van der Waals surface area contributed by atoms with Crippen LogP contribution in [0.1, 0.15) is 36.2 Å². The number of nitrogens with one attached hydrogen (secondary N) is 3. The average molecular weight is 432 g/mol. The minimum Gasteiger partial charge on any atom is -0.356 e. The monoisotopic (exact) mass is 432 g/mol. The summed E-state index contributed by atoms with van der Waals surface area (Å²) in [6.45, 7) is 6.11. The summed E-state index contributed by atoms with van der Waals surface area (Å²) in [5, 5.41) is 9.23. The van der Waals surface area contributed by atoms with Gasteiger partial charge in [-0.15, -0.1) is 24.0 Å². The summed E-state index contributed by atoms with van der Waals surface area (Å²) < 4.78 is 0. The third-order valence-electron chi connectivity index (χ3n) is 3.36. The molecule has 0 aromatic heterocycles. The SMILES string of the molecule is CN=C(NCCc1cccc(C(=O)NC)c1)NCCC(C)C.I. The van der Waals surface area contributed by atoms with Gasteiger partial charge in [0.25, 0.3) is 5.91 Å². The molecule has 0 aliphatic heterocycles. The summed E-state index contributed by atoms with van der Waals surface area (Å²) in [6.07, 6.45) is 1.96. The Kier molecular flexibility index (Phi) is 11.5. The van der Waals surface area contributed by atoms with Crippen LogP contribution in [0.25, 0.3) is 0 Å². The largest absolute Gasteiger partial charge is 0.356 e. The third kappa shape index (κ3) is 8.78. The van der Waals surface area contributed by atoms with E-state index >= 15 is 0 Å². The van der Waals surface area contributed by atoms with Gasteiger partial charge in [0.1, 0.15) is 0 Å². The molecule has 0 heterocycles. The van der Waals surface area contributed by atoms with Crippen LogP contribution in [-0.2, 0) is 6.42 Å². The van der Waals surface area contributed by atoms with Gasteiger partial charge in [-0.25, -0.2) is 0 Å². The Morgan fingerprint density at radius 2 is 1.91 bits per heavy atom. The molecule has 0 saturated carbocycles. The second-order valence-electron chi connectivity index (χ2n) is 5.64. The van der Waals surface area contributed by atoms with Gasteiger partial charge in [-0.2, -0.15) is 0 Å². The first-order valence-corrected chi connectivity index (χ1v) is 7.82. The Labute approximate surface area is 156 Å². The van der Waals surface area contributed by atoms with Crippen molar-refractivity contribution in [3.63, 3.8) is 0 Å². The molecule has 0 fully saturated rings.